The molecule has 0 spiro atoms. The van der Waals surface area contributed by atoms with Gasteiger partial charge in [-0.3, -0.25) is 4.79 Å². The third-order valence-electron chi connectivity index (χ3n) is 6.42. The van der Waals surface area contributed by atoms with Crippen molar-refractivity contribution in [3.8, 4) is 5.75 Å². The molecule has 1 amide bonds. The summed E-state index contributed by atoms with van der Waals surface area (Å²) < 4.78 is 5.46. The van der Waals surface area contributed by atoms with E-state index in [0.29, 0.717) is 12.5 Å². The average molecular weight is 429 g/mol. The predicted octanol–water partition coefficient (Wildman–Crippen LogP) is 6.05. The molecule has 3 aromatic carbocycles. The van der Waals surface area contributed by atoms with Crippen LogP contribution in [0.5, 0.6) is 5.75 Å². The zero-order valence-electron chi connectivity index (χ0n) is 19.2. The van der Waals surface area contributed by atoms with Gasteiger partial charge in [-0.05, 0) is 83.8 Å². The molecule has 0 saturated heterocycles. The number of anilines is 2. The number of nitrogens with zero attached hydrogens (tertiary/aromatic N) is 1. The molecule has 0 aromatic heterocycles. The normalized spacial score (nSPS) is 15.3. The molecule has 1 atom stereocenters. The summed E-state index contributed by atoms with van der Waals surface area (Å²) in [5.41, 5.74) is 12.2. The number of hydrogen-bond acceptors (Lipinski definition) is 3. The molecular formula is C28H32N2O2. The lowest BCUT2D eigenvalue weighted by Gasteiger charge is -2.31. The topological polar surface area (TPSA) is 55.6 Å². The molecule has 0 radical (unpaired) electrons. The minimum atomic E-state index is -0.174. The second kappa shape index (κ2) is 9.47. The van der Waals surface area contributed by atoms with Crippen LogP contribution in [-0.2, 0) is 17.8 Å². The van der Waals surface area contributed by atoms with Gasteiger partial charge in [-0.2, -0.15) is 0 Å². The second-order valence-electron chi connectivity index (χ2n) is 8.92. The van der Waals surface area contributed by atoms with E-state index < -0.39 is 0 Å². The Bertz CT molecular complexity index is 1070. The molecule has 0 saturated carbocycles. The molecule has 0 bridgehead atoms. The second-order valence-corrected chi connectivity index (χ2v) is 8.92. The van der Waals surface area contributed by atoms with Gasteiger partial charge in [0.25, 0.3) is 0 Å². The molecule has 4 rings (SSSR count). The summed E-state index contributed by atoms with van der Waals surface area (Å²) in [6.07, 6.45) is 2.86. The van der Waals surface area contributed by atoms with Gasteiger partial charge >= 0.3 is 0 Å². The molecule has 0 aliphatic heterocycles. The van der Waals surface area contributed by atoms with Crippen molar-refractivity contribution in [2.75, 3.05) is 17.7 Å². The zero-order valence-corrected chi connectivity index (χ0v) is 19.2. The Kier molecular flexibility index (Phi) is 6.50. The number of fused-ring (bicyclic) bond motifs is 1. The predicted molar refractivity (Wildman–Crippen MR) is 131 cm³/mol. The van der Waals surface area contributed by atoms with Crippen LogP contribution in [0.4, 0.5) is 11.4 Å². The van der Waals surface area contributed by atoms with E-state index in [1.54, 1.807) is 7.11 Å². The number of rotatable bonds is 6. The van der Waals surface area contributed by atoms with Crippen molar-refractivity contribution in [1.82, 2.24) is 0 Å². The molecule has 0 heterocycles. The van der Waals surface area contributed by atoms with E-state index in [9.17, 15) is 4.79 Å². The first-order valence-corrected chi connectivity index (χ1v) is 11.4. The van der Waals surface area contributed by atoms with E-state index >= 15 is 0 Å². The van der Waals surface area contributed by atoms with Gasteiger partial charge in [-0.25, -0.2) is 0 Å². The molecule has 166 valence electrons. The Morgan fingerprint density at radius 1 is 1.06 bits per heavy atom. The fourth-order valence-corrected chi connectivity index (χ4v) is 4.49. The van der Waals surface area contributed by atoms with Gasteiger partial charge in [0.05, 0.1) is 19.6 Å². The van der Waals surface area contributed by atoms with E-state index in [0.717, 1.165) is 47.5 Å². The molecule has 3 aromatic rings. The van der Waals surface area contributed by atoms with Crippen LogP contribution in [0.1, 0.15) is 60.8 Å². The SMILES string of the molecule is COc1ccc2c(c1)C(C(=O)N(Cc1ccc(N)cc1)c1ccc(C(C)C)cc1)CCC2. The summed E-state index contributed by atoms with van der Waals surface area (Å²) in [6.45, 7) is 4.87. The van der Waals surface area contributed by atoms with Gasteiger partial charge in [0, 0.05) is 11.4 Å². The van der Waals surface area contributed by atoms with E-state index in [2.05, 4.69) is 44.2 Å². The fourth-order valence-electron chi connectivity index (χ4n) is 4.49. The smallest absolute Gasteiger partial charge is 0.234 e. The third-order valence-corrected chi connectivity index (χ3v) is 6.42. The van der Waals surface area contributed by atoms with E-state index in [1.807, 2.05) is 41.3 Å². The Hall–Kier alpha value is -3.27. The Labute approximate surface area is 191 Å². The lowest BCUT2D eigenvalue weighted by Crippen LogP contribution is -2.36. The standard InChI is InChI=1S/C28H32N2O2/c1-19(2)21-9-14-24(15-10-21)30(18-20-7-12-23(29)13-8-20)28(31)26-6-4-5-22-11-16-25(32-3)17-27(22)26/h7-17,19,26H,4-6,18,29H2,1-3H3. The third kappa shape index (κ3) is 4.64. The summed E-state index contributed by atoms with van der Waals surface area (Å²) in [6, 6.07) is 22.3. The van der Waals surface area contributed by atoms with E-state index in [1.165, 1.54) is 11.1 Å². The number of nitrogens with two attached hydrogens (primary N) is 1. The molecule has 0 fully saturated rings. The van der Waals surface area contributed by atoms with Crippen molar-refractivity contribution in [2.24, 2.45) is 0 Å². The van der Waals surface area contributed by atoms with Crippen molar-refractivity contribution >= 4 is 17.3 Å². The number of nitrogen functional groups attached to an aromatic ring is 1. The summed E-state index contributed by atoms with van der Waals surface area (Å²) in [5.74, 6) is 1.21. The molecule has 2 N–H and O–H groups in total. The van der Waals surface area contributed by atoms with Gasteiger partial charge in [-0.1, -0.05) is 44.2 Å². The van der Waals surface area contributed by atoms with Crippen LogP contribution >= 0.6 is 0 Å². The summed E-state index contributed by atoms with van der Waals surface area (Å²) in [5, 5.41) is 0. The van der Waals surface area contributed by atoms with Crippen molar-refractivity contribution in [3.63, 3.8) is 0 Å². The van der Waals surface area contributed by atoms with Crippen LogP contribution in [0.2, 0.25) is 0 Å². The summed E-state index contributed by atoms with van der Waals surface area (Å²) in [7, 11) is 1.67. The highest BCUT2D eigenvalue weighted by molar-refractivity contribution is 5.98. The van der Waals surface area contributed by atoms with Crippen LogP contribution < -0.4 is 15.4 Å². The van der Waals surface area contributed by atoms with Crippen molar-refractivity contribution < 1.29 is 9.53 Å². The number of carbonyl (C=O) groups is 1. The van der Waals surface area contributed by atoms with E-state index in [4.69, 9.17) is 10.5 Å². The molecule has 32 heavy (non-hydrogen) atoms. The lowest BCUT2D eigenvalue weighted by atomic mass is 9.81. The maximum atomic E-state index is 14.0. The van der Waals surface area contributed by atoms with Gasteiger partial charge in [0.1, 0.15) is 5.75 Å². The first kappa shape index (κ1) is 21.9. The van der Waals surface area contributed by atoms with E-state index in [-0.39, 0.29) is 11.8 Å². The van der Waals surface area contributed by atoms with Crippen LogP contribution in [0.15, 0.2) is 66.7 Å². The number of methoxy groups -OCH3 is 1. The number of aryl methyl sites for hydroxylation is 1. The highest BCUT2D eigenvalue weighted by Crippen LogP contribution is 2.37. The number of hydrogen-bond donors (Lipinski definition) is 1. The maximum Gasteiger partial charge on any atom is 0.234 e. The first-order chi connectivity index (χ1) is 15.5. The fraction of sp³-hybridized carbons (Fsp3) is 0.321. The Morgan fingerprint density at radius 3 is 2.44 bits per heavy atom. The quantitative estimate of drug-likeness (QED) is 0.486. The zero-order chi connectivity index (χ0) is 22.7. The highest BCUT2D eigenvalue weighted by Gasteiger charge is 2.31. The van der Waals surface area contributed by atoms with Crippen molar-refractivity contribution in [1.29, 1.82) is 0 Å². The largest absolute Gasteiger partial charge is 0.497 e. The molecule has 4 heteroatoms. The highest BCUT2D eigenvalue weighted by atomic mass is 16.5. The molecular weight excluding hydrogens is 396 g/mol. The van der Waals surface area contributed by atoms with Crippen molar-refractivity contribution in [3.05, 3.63) is 89.0 Å². The molecule has 1 aliphatic rings. The van der Waals surface area contributed by atoms with Gasteiger partial charge in [0.15, 0.2) is 0 Å². The van der Waals surface area contributed by atoms with Crippen LogP contribution in [0.25, 0.3) is 0 Å². The van der Waals surface area contributed by atoms with Crippen LogP contribution in [-0.4, -0.2) is 13.0 Å². The van der Waals surface area contributed by atoms with Gasteiger partial charge < -0.3 is 15.4 Å². The number of ether oxygens (including phenoxy) is 1. The van der Waals surface area contributed by atoms with Crippen molar-refractivity contribution in [2.45, 2.75) is 51.5 Å². The van der Waals surface area contributed by atoms with Gasteiger partial charge in [0.2, 0.25) is 5.91 Å². The molecule has 1 aliphatic carbocycles. The summed E-state index contributed by atoms with van der Waals surface area (Å²) >= 11 is 0. The van der Waals surface area contributed by atoms with Crippen LogP contribution in [0.3, 0.4) is 0 Å². The van der Waals surface area contributed by atoms with Crippen LogP contribution in [0, 0.1) is 0 Å². The number of benzene rings is 3. The molecule has 1 unspecified atom stereocenters. The first-order valence-electron chi connectivity index (χ1n) is 11.4. The molecule has 4 nitrogen and oxygen atoms in total. The Balaban J connectivity index is 1.71. The monoisotopic (exact) mass is 428 g/mol. The summed E-state index contributed by atoms with van der Waals surface area (Å²) in [4.78, 5) is 15.9. The minimum absolute atomic E-state index is 0.133. The Morgan fingerprint density at radius 2 is 1.78 bits per heavy atom. The lowest BCUT2D eigenvalue weighted by molar-refractivity contribution is -0.120. The maximum absolute atomic E-state index is 14.0. The van der Waals surface area contributed by atoms with Gasteiger partial charge in [-0.15, -0.1) is 0 Å². The number of amides is 1. The average Bonchev–Trinajstić information content (AvgIpc) is 2.82. The minimum Gasteiger partial charge on any atom is -0.497 e. The number of carbonyl (C=O) groups excluding carboxylic acids is 1.